The minimum Gasteiger partial charge on any atom is -0.406 e. The van der Waals surface area contributed by atoms with E-state index in [1.54, 1.807) is 6.07 Å². The van der Waals surface area contributed by atoms with Crippen LogP contribution in [0.2, 0.25) is 0 Å². The zero-order valence-corrected chi connectivity index (χ0v) is 17.3. The van der Waals surface area contributed by atoms with Crippen LogP contribution in [0, 0.1) is 5.82 Å². The number of benzene rings is 1. The number of unbranched alkanes of at least 4 members (excludes halogenated alkanes) is 1. The number of ether oxygens (including phenoxy) is 1. The molecule has 0 saturated heterocycles. The number of hydrazine groups is 1. The number of anilines is 1. The molecule has 1 amide bonds. The number of aryl methyl sites for hydroxylation is 1. The number of aromatic nitrogens is 2. The average molecular weight is 470 g/mol. The van der Waals surface area contributed by atoms with Gasteiger partial charge in [0, 0.05) is 18.3 Å². The quantitative estimate of drug-likeness (QED) is 0.114. The molecule has 0 radical (unpaired) electrons. The first kappa shape index (κ1) is 25.5. The SMILES string of the molecule is N/C(C=O)=C\N(N)CCCCc1ccc(NC(=O)Cc2cc(OC(F)(F)F)ccc2F)nn1. The van der Waals surface area contributed by atoms with Crippen LogP contribution in [0.4, 0.5) is 23.4 Å². The second-order valence-corrected chi connectivity index (χ2v) is 6.88. The van der Waals surface area contributed by atoms with Crippen molar-refractivity contribution in [3.8, 4) is 5.75 Å². The number of rotatable bonds is 11. The van der Waals surface area contributed by atoms with Crippen LogP contribution in [0.1, 0.15) is 24.1 Å². The third-order valence-corrected chi connectivity index (χ3v) is 4.14. The first-order chi connectivity index (χ1) is 15.6. The molecule has 0 bridgehead atoms. The number of carbonyl (C=O) groups is 2. The predicted molar refractivity (Wildman–Crippen MR) is 110 cm³/mol. The highest BCUT2D eigenvalue weighted by Gasteiger charge is 2.31. The number of allylic oxidation sites excluding steroid dienone is 1. The highest BCUT2D eigenvalue weighted by molar-refractivity contribution is 5.91. The van der Waals surface area contributed by atoms with E-state index in [1.807, 2.05) is 0 Å². The molecule has 0 fully saturated rings. The van der Waals surface area contributed by atoms with Crippen LogP contribution in [-0.2, 0) is 22.4 Å². The van der Waals surface area contributed by atoms with Gasteiger partial charge in [0.2, 0.25) is 5.91 Å². The maximum Gasteiger partial charge on any atom is 0.573 e. The van der Waals surface area contributed by atoms with E-state index < -0.39 is 30.3 Å². The first-order valence-electron chi connectivity index (χ1n) is 9.66. The fourth-order valence-electron chi connectivity index (χ4n) is 2.69. The fraction of sp³-hybridized carbons (Fsp3) is 0.300. The van der Waals surface area contributed by atoms with Crippen LogP contribution in [0.5, 0.6) is 5.75 Å². The Bertz CT molecular complexity index is 983. The summed E-state index contributed by atoms with van der Waals surface area (Å²) in [6, 6.07) is 5.56. The molecule has 13 heteroatoms. The number of hydrogen-bond acceptors (Lipinski definition) is 8. The summed E-state index contributed by atoms with van der Waals surface area (Å²) in [5.74, 6) is 3.61. The Kier molecular flexibility index (Phi) is 9.09. The Labute approximate surface area is 186 Å². The molecule has 1 aromatic heterocycles. The maximum absolute atomic E-state index is 13.9. The molecule has 0 saturated carbocycles. The van der Waals surface area contributed by atoms with Crippen molar-refractivity contribution in [1.82, 2.24) is 15.2 Å². The summed E-state index contributed by atoms with van der Waals surface area (Å²) in [7, 11) is 0. The van der Waals surface area contributed by atoms with Gasteiger partial charge in [0.1, 0.15) is 11.6 Å². The highest BCUT2D eigenvalue weighted by Crippen LogP contribution is 2.25. The monoisotopic (exact) mass is 470 g/mol. The molecule has 0 atom stereocenters. The van der Waals surface area contributed by atoms with Crippen molar-refractivity contribution >= 4 is 18.0 Å². The molecule has 0 unspecified atom stereocenters. The average Bonchev–Trinajstić information content (AvgIpc) is 2.73. The van der Waals surface area contributed by atoms with Gasteiger partial charge < -0.3 is 20.8 Å². The smallest absolute Gasteiger partial charge is 0.406 e. The molecule has 33 heavy (non-hydrogen) atoms. The molecule has 2 rings (SSSR count). The number of halogens is 4. The molecule has 0 aliphatic carbocycles. The highest BCUT2D eigenvalue weighted by atomic mass is 19.4. The van der Waals surface area contributed by atoms with Crippen LogP contribution in [0.25, 0.3) is 0 Å². The van der Waals surface area contributed by atoms with E-state index in [1.165, 1.54) is 17.3 Å². The molecule has 0 aliphatic heterocycles. The summed E-state index contributed by atoms with van der Waals surface area (Å²) in [6.45, 7) is 0.474. The number of aldehydes is 1. The van der Waals surface area contributed by atoms with Crippen molar-refractivity contribution in [1.29, 1.82) is 0 Å². The minimum absolute atomic E-state index is 0.0195. The second kappa shape index (κ2) is 11.8. The number of nitrogens with one attached hydrogen (secondary N) is 1. The van der Waals surface area contributed by atoms with E-state index in [-0.39, 0.29) is 17.1 Å². The van der Waals surface area contributed by atoms with E-state index in [2.05, 4.69) is 20.3 Å². The minimum atomic E-state index is -4.93. The summed E-state index contributed by atoms with van der Waals surface area (Å²) in [5, 5.41) is 11.6. The fourth-order valence-corrected chi connectivity index (χ4v) is 2.69. The molecule has 178 valence electrons. The lowest BCUT2D eigenvalue weighted by Crippen LogP contribution is -2.27. The first-order valence-corrected chi connectivity index (χ1v) is 9.66. The maximum atomic E-state index is 13.9. The summed E-state index contributed by atoms with van der Waals surface area (Å²) < 4.78 is 54.5. The van der Waals surface area contributed by atoms with Gasteiger partial charge in [-0.3, -0.25) is 9.59 Å². The number of nitrogens with zero attached hydrogens (tertiary/aromatic N) is 3. The van der Waals surface area contributed by atoms with Gasteiger partial charge in [-0.2, -0.15) is 5.10 Å². The van der Waals surface area contributed by atoms with Crippen LogP contribution < -0.4 is 21.6 Å². The Balaban J connectivity index is 1.83. The second-order valence-electron chi connectivity index (χ2n) is 6.88. The number of nitrogens with two attached hydrogens (primary N) is 2. The lowest BCUT2D eigenvalue weighted by molar-refractivity contribution is -0.274. The Hall–Kier alpha value is -3.74. The Morgan fingerprint density at radius 1 is 1.18 bits per heavy atom. The lowest BCUT2D eigenvalue weighted by atomic mass is 10.1. The predicted octanol–water partition coefficient (Wildman–Crippen LogP) is 2.19. The van der Waals surface area contributed by atoms with E-state index in [4.69, 9.17) is 11.6 Å². The van der Waals surface area contributed by atoms with Crippen molar-refractivity contribution in [2.45, 2.75) is 32.0 Å². The van der Waals surface area contributed by atoms with Gasteiger partial charge >= 0.3 is 6.36 Å². The van der Waals surface area contributed by atoms with Crippen LogP contribution in [0.15, 0.2) is 42.2 Å². The topological polar surface area (TPSA) is 136 Å². The van der Waals surface area contributed by atoms with Crippen molar-refractivity contribution in [3.63, 3.8) is 0 Å². The molecule has 1 aromatic carbocycles. The van der Waals surface area contributed by atoms with E-state index in [9.17, 15) is 27.2 Å². The molecular weight excluding hydrogens is 448 g/mol. The zero-order valence-electron chi connectivity index (χ0n) is 17.3. The summed E-state index contributed by atoms with van der Waals surface area (Å²) in [5.41, 5.74) is 5.76. The molecule has 1 heterocycles. The van der Waals surface area contributed by atoms with E-state index >= 15 is 0 Å². The molecule has 5 N–H and O–H groups in total. The largest absolute Gasteiger partial charge is 0.573 e. The lowest BCUT2D eigenvalue weighted by Gasteiger charge is -2.13. The summed E-state index contributed by atoms with van der Waals surface area (Å²) in [4.78, 5) is 22.6. The standard InChI is InChI=1S/C20H22F4N6O3/c21-17-6-5-16(33-20(22,23)24)9-13(17)10-19(32)27-18-7-4-15(28-29-18)3-1-2-8-30(26)11-14(25)12-31/h4-7,9,11-12H,1-3,8,10,25-26H2,(H,27,29,32)/b14-11-. The number of carbonyl (C=O) groups excluding carboxylic acids is 2. The molecule has 0 spiro atoms. The number of amides is 1. The third-order valence-electron chi connectivity index (χ3n) is 4.14. The van der Waals surface area contributed by atoms with Crippen LogP contribution in [0.3, 0.4) is 0 Å². The number of alkyl halides is 3. The van der Waals surface area contributed by atoms with Gasteiger partial charge in [-0.15, -0.1) is 18.3 Å². The Morgan fingerprint density at radius 2 is 1.94 bits per heavy atom. The number of hydrogen-bond donors (Lipinski definition) is 3. The van der Waals surface area contributed by atoms with E-state index in [0.29, 0.717) is 31.4 Å². The van der Waals surface area contributed by atoms with Gasteiger partial charge in [0.05, 0.1) is 17.8 Å². The van der Waals surface area contributed by atoms with Crippen molar-refractivity contribution in [2.24, 2.45) is 11.6 Å². The van der Waals surface area contributed by atoms with E-state index in [0.717, 1.165) is 24.6 Å². The van der Waals surface area contributed by atoms with Crippen molar-refractivity contribution in [2.75, 3.05) is 11.9 Å². The zero-order chi connectivity index (χ0) is 24.4. The van der Waals surface area contributed by atoms with Crippen LogP contribution >= 0.6 is 0 Å². The normalized spacial score (nSPS) is 11.7. The molecule has 2 aromatic rings. The van der Waals surface area contributed by atoms with Crippen molar-refractivity contribution < 1.29 is 31.9 Å². The molecule has 9 nitrogen and oxygen atoms in total. The van der Waals surface area contributed by atoms with Crippen molar-refractivity contribution in [3.05, 3.63) is 59.3 Å². The molecular formula is C20H22F4N6O3. The van der Waals surface area contributed by atoms with Gasteiger partial charge in [-0.1, -0.05) is 0 Å². The van der Waals surface area contributed by atoms with Crippen LogP contribution in [-0.4, -0.2) is 40.3 Å². The van der Waals surface area contributed by atoms with Gasteiger partial charge in [0.15, 0.2) is 12.1 Å². The summed E-state index contributed by atoms with van der Waals surface area (Å²) in [6.07, 6.45) is -1.63. The van der Waals surface area contributed by atoms with Gasteiger partial charge in [-0.25, -0.2) is 10.2 Å². The van der Waals surface area contributed by atoms with Gasteiger partial charge in [-0.05, 0) is 49.6 Å². The van der Waals surface area contributed by atoms with Gasteiger partial charge in [0.25, 0.3) is 0 Å². The summed E-state index contributed by atoms with van der Waals surface area (Å²) >= 11 is 0. The Morgan fingerprint density at radius 3 is 2.58 bits per heavy atom. The molecule has 0 aliphatic rings. The third kappa shape index (κ3) is 9.51.